The van der Waals surface area contributed by atoms with Gasteiger partial charge in [0.05, 0.1) is 12.8 Å². The Morgan fingerprint density at radius 2 is 2.09 bits per heavy atom. The number of rotatable bonds is 5. The molecule has 0 saturated carbocycles. The highest BCUT2D eigenvalue weighted by molar-refractivity contribution is 5.98. The molecule has 2 N–H and O–H groups in total. The number of likely N-dealkylation sites (tertiary alicyclic amines) is 1. The second kappa shape index (κ2) is 7.49. The minimum atomic E-state index is -0.371. The van der Waals surface area contributed by atoms with Crippen molar-refractivity contribution >= 4 is 17.6 Å². The molecule has 22 heavy (non-hydrogen) atoms. The van der Waals surface area contributed by atoms with Crippen LogP contribution in [0.2, 0.25) is 0 Å². The fourth-order valence-corrected chi connectivity index (χ4v) is 2.37. The Labute approximate surface area is 130 Å². The van der Waals surface area contributed by atoms with Crippen LogP contribution in [-0.2, 0) is 0 Å². The smallest absolute Gasteiger partial charge is 0.319 e. The predicted octanol–water partition coefficient (Wildman–Crippen LogP) is 2.24. The summed E-state index contributed by atoms with van der Waals surface area (Å²) in [5, 5.41) is 5.31. The van der Waals surface area contributed by atoms with Crippen molar-refractivity contribution in [3.05, 3.63) is 36.4 Å². The van der Waals surface area contributed by atoms with Gasteiger partial charge in [0, 0.05) is 25.2 Å². The number of hydrogen-bond acceptors (Lipinski definition) is 3. The van der Waals surface area contributed by atoms with Crippen LogP contribution in [0.25, 0.3) is 0 Å². The summed E-state index contributed by atoms with van der Waals surface area (Å²) in [5.41, 5.74) is 1.01. The van der Waals surface area contributed by atoms with Crippen LogP contribution in [-0.4, -0.2) is 43.6 Å². The van der Waals surface area contributed by atoms with E-state index in [1.54, 1.807) is 24.3 Å². The van der Waals surface area contributed by atoms with E-state index in [0.717, 1.165) is 25.9 Å². The summed E-state index contributed by atoms with van der Waals surface area (Å²) in [6.45, 7) is 5.47. The van der Waals surface area contributed by atoms with Crippen LogP contribution < -0.4 is 15.4 Å². The summed E-state index contributed by atoms with van der Waals surface area (Å²) in [5.74, 6) is 0.487. The third-order valence-corrected chi connectivity index (χ3v) is 3.49. The summed E-state index contributed by atoms with van der Waals surface area (Å²) < 4.78 is 5.22. The molecule has 0 unspecified atom stereocenters. The van der Waals surface area contributed by atoms with E-state index in [1.165, 1.54) is 7.11 Å². The molecule has 1 aromatic rings. The second-order valence-corrected chi connectivity index (χ2v) is 5.04. The number of hydrogen-bond donors (Lipinski definition) is 2. The van der Waals surface area contributed by atoms with Crippen molar-refractivity contribution in [1.82, 2.24) is 10.2 Å². The summed E-state index contributed by atoms with van der Waals surface area (Å²) in [7, 11) is 1.52. The molecule has 2 rings (SSSR count). The van der Waals surface area contributed by atoms with Crippen LogP contribution in [0.4, 0.5) is 10.5 Å². The molecule has 6 nitrogen and oxygen atoms in total. The maximum Gasteiger partial charge on any atom is 0.319 e. The first kappa shape index (κ1) is 15.9. The first-order chi connectivity index (χ1) is 10.7. The molecule has 0 bridgehead atoms. The number of nitrogens with zero attached hydrogens (tertiary/aromatic N) is 1. The minimum Gasteiger partial charge on any atom is -0.495 e. The van der Waals surface area contributed by atoms with Gasteiger partial charge in [-0.3, -0.25) is 4.79 Å². The van der Waals surface area contributed by atoms with E-state index in [4.69, 9.17) is 4.74 Å². The van der Waals surface area contributed by atoms with Crippen molar-refractivity contribution in [3.8, 4) is 5.75 Å². The molecule has 0 atom stereocenters. The van der Waals surface area contributed by atoms with Gasteiger partial charge in [-0.1, -0.05) is 6.08 Å². The quantitative estimate of drug-likeness (QED) is 0.820. The SMILES string of the molecule is C=CCNC(=O)Nc1cc(C(=O)N2CCCC2)ccc1OC. The zero-order valence-electron chi connectivity index (χ0n) is 12.7. The van der Waals surface area contributed by atoms with Crippen molar-refractivity contribution in [2.75, 3.05) is 32.1 Å². The molecular weight excluding hydrogens is 282 g/mol. The van der Waals surface area contributed by atoms with Crippen molar-refractivity contribution < 1.29 is 14.3 Å². The molecule has 1 heterocycles. The standard InChI is InChI=1S/C16H21N3O3/c1-3-8-17-16(21)18-13-11-12(6-7-14(13)22-2)15(20)19-9-4-5-10-19/h3,6-7,11H,1,4-5,8-10H2,2H3,(H2,17,18,21). The molecule has 1 aromatic carbocycles. The lowest BCUT2D eigenvalue weighted by atomic mass is 10.1. The average molecular weight is 303 g/mol. The van der Waals surface area contributed by atoms with Crippen LogP contribution >= 0.6 is 0 Å². The van der Waals surface area contributed by atoms with Gasteiger partial charge in [0.15, 0.2) is 0 Å². The van der Waals surface area contributed by atoms with Gasteiger partial charge in [0.2, 0.25) is 0 Å². The Kier molecular flexibility index (Phi) is 5.41. The van der Waals surface area contributed by atoms with Gasteiger partial charge in [-0.15, -0.1) is 6.58 Å². The van der Waals surface area contributed by atoms with Crippen LogP contribution in [0.5, 0.6) is 5.75 Å². The first-order valence-electron chi connectivity index (χ1n) is 7.28. The first-order valence-corrected chi connectivity index (χ1v) is 7.28. The number of anilines is 1. The Morgan fingerprint density at radius 3 is 2.73 bits per heavy atom. The van der Waals surface area contributed by atoms with Crippen molar-refractivity contribution in [1.29, 1.82) is 0 Å². The van der Waals surface area contributed by atoms with E-state index in [-0.39, 0.29) is 11.9 Å². The Morgan fingerprint density at radius 1 is 1.36 bits per heavy atom. The Balaban J connectivity index is 2.16. The molecule has 6 heteroatoms. The minimum absolute atomic E-state index is 0.0188. The summed E-state index contributed by atoms with van der Waals surface area (Å²) in [6, 6.07) is 4.68. The van der Waals surface area contributed by atoms with Gasteiger partial charge in [0.1, 0.15) is 5.75 Å². The van der Waals surface area contributed by atoms with E-state index in [2.05, 4.69) is 17.2 Å². The van der Waals surface area contributed by atoms with Gasteiger partial charge in [-0.25, -0.2) is 4.79 Å². The van der Waals surface area contributed by atoms with E-state index >= 15 is 0 Å². The number of urea groups is 1. The third-order valence-electron chi connectivity index (χ3n) is 3.49. The summed E-state index contributed by atoms with van der Waals surface area (Å²) in [4.78, 5) is 26.0. The van der Waals surface area contributed by atoms with Crippen LogP contribution in [0.15, 0.2) is 30.9 Å². The molecule has 1 saturated heterocycles. The largest absolute Gasteiger partial charge is 0.495 e. The number of nitrogens with one attached hydrogen (secondary N) is 2. The fraction of sp³-hybridized carbons (Fsp3) is 0.375. The number of carbonyl (C=O) groups excluding carboxylic acids is 2. The third kappa shape index (κ3) is 3.78. The lowest BCUT2D eigenvalue weighted by Gasteiger charge is -2.17. The van der Waals surface area contributed by atoms with Crippen molar-refractivity contribution in [2.24, 2.45) is 0 Å². The van der Waals surface area contributed by atoms with Gasteiger partial charge in [0.25, 0.3) is 5.91 Å². The maximum atomic E-state index is 12.4. The van der Waals surface area contributed by atoms with E-state index in [1.807, 2.05) is 4.90 Å². The topological polar surface area (TPSA) is 70.7 Å². The Hall–Kier alpha value is -2.50. The number of ether oxygens (including phenoxy) is 1. The molecular formula is C16H21N3O3. The normalized spacial score (nSPS) is 13.6. The highest BCUT2D eigenvalue weighted by Crippen LogP contribution is 2.26. The molecule has 1 aliphatic heterocycles. The highest BCUT2D eigenvalue weighted by Gasteiger charge is 2.20. The fourth-order valence-electron chi connectivity index (χ4n) is 2.37. The van der Waals surface area contributed by atoms with Crippen molar-refractivity contribution in [2.45, 2.75) is 12.8 Å². The molecule has 3 amide bonds. The van der Waals surface area contributed by atoms with E-state index < -0.39 is 0 Å². The maximum absolute atomic E-state index is 12.4. The number of methoxy groups -OCH3 is 1. The number of amides is 3. The average Bonchev–Trinajstić information content (AvgIpc) is 3.06. The van der Waals surface area contributed by atoms with Gasteiger partial charge in [-0.2, -0.15) is 0 Å². The van der Waals surface area contributed by atoms with E-state index in [0.29, 0.717) is 23.5 Å². The van der Waals surface area contributed by atoms with Crippen LogP contribution in [0.1, 0.15) is 23.2 Å². The molecule has 0 aromatic heterocycles. The highest BCUT2D eigenvalue weighted by atomic mass is 16.5. The molecule has 0 aliphatic carbocycles. The molecule has 118 valence electrons. The monoisotopic (exact) mass is 303 g/mol. The Bertz CT molecular complexity index is 566. The molecule has 0 spiro atoms. The number of carbonyl (C=O) groups is 2. The molecule has 1 fully saturated rings. The van der Waals surface area contributed by atoms with Gasteiger partial charge >= 0.3 is 6.03 Å². The molecule has 0 radical (unpaired) electrons. The second-order valence-electron chi connectivity index (χ2n) is 5.04. The zero-order valence-corrected chi connectivity index (χ0v) is 12.7. The number of benzene rings is 1. The van der Waals surface area contributed by atoms with Crippen LogP contribution in [0, 0.1) is 0 Å². The van der Waals surface area contributed by atoms with Gasteiger partial charge < -0.3 is 20.3 Å². The van der Waals surface area contributed by atoms with Gasteiger partial charge in [-0.05, 0) is 31.0 Å². The predicted molar refractivity (Wildman–Crippen MR) is 85.3 cm³/mol. The lowest BCUT2D eigenvalue weighted by molar-refractivity contribution is 0.0793. The molecule has 1 aliphatic rings. The van der Waals surface area contributed by atoms with E-state index in [9.17, 15) is 9.59 Å². The zero-order chi connectivity index (χ0) is 15.9. The van der Waals surface area contributed by atoms with Crippen LogP contribution in [0.3, 0.4) is 0 Å². The van der Waals surface area contributed by atoms with Crippen molar-refractivity contribution in [3.63, 3.8) is 0 Å². The lowest BCUT2D eigenvalue weighted by Crippen LogP contribution is -2.29. The summed E-state index contributed by atoms with van der Waals surface area (Å²) in [6.07, 6.45) is 3.66. The summed E-state index contributed by atoms with van der Waals surface area (Å²) >= 11 is 0.